The van der Waals surface area contributed by atoms with Gasteiger partial charge >= 0.3 is 0 Å². The monoisotopic (exact) mass is 232 g/mol. The van der Waals surface area contributed by atoms with E-state index in [1.807, 2.05) is 7.05 Å². The number of aromatic nitrogens is 1. The van der Waals surface area contributed by atoms with Crippen molar-refractivity contribution in [2.24, 2.45) is 0 Å². The zero-order chi connectivity index (χ0) is 11.5. The van der Waals surface area contributed by atoms with E-state index < -0.39 is 0 Å². The van der Waals surface area contributed by atoms with Crippen LogP contribution in [0.1, 0.15) is 24.2 Å². The Kier molecular flexibility index (Phi) is 3.36. The van der Waals surface area contributed by atoms with Crippen molar-refractivity contribution in [2.75, 3.05) is 7.05 Å². The SMILES string of the molecule is CNC(C)c1csc(-c2ccccc2C)n1. The van der Waals surface area contributed by atoms with Gasteiger partial charge in [-0.05, 0) is 26.5 Å². The molecule has 84 valence electrons. The van der Waals surface area contributed by atoms with E-state index in [1.54, 1.807) is 11.3 Å². The minimum absolute atomic E-state index is 0.314. The summed E-state index contributed by atoms with van der Waals surface area (Å²) < 4.78 is 0. The van der Waals surface area contributed by atoms with Gasteiger partial charge in [0.15, 0.2) is 0 Å². The lowest BCUT2D eigenvalue weighted by atomic mass is 10.1. The van der Waals surface area contributed by atoms with Crippen LogP contribution in [0.5, 0.6) is 0 Å². The van der Waals surface area contributed by atoms with Crippen LogP contribution in [0, 0.1) is 6.92 Å². The van der Waals surface area contributed by atoms with E-state index in [9.17, 15) is 0 Å². The Hall–Kier alpha value is -1.19. The van der Waals surface area contributed by atoms with Crippen molar-refractivity contribution < 1.29 is 0 Å². The number of nitrogens with zero attached hydrogens (tertiary/aromatic N) is 1. The Labute approximate surface area is 100 Å². The smallest absolute Gasteiger partial charge is 0.123 e. The third-order valence-electron chi connectivity index (χ3n) is 2.77. The van der Waals surface area contributed by atoms with Crippen molar-refractivity contribution in [3.63, 3.8) is 0 Å². The van der Waals surface area contributed by atoms with Gasteiger partial charge in [-0.1, -0.05) is 24.3 Å². The summed E-state index contributed by atoms with van der Waals surface area (Å²) in [5.74, 6) is 0. The van der Waals surface area contributed by atoms with Crippen LogP contribution in [-0.4, -0.2) is 12.0 Å². The molecule has 0 amide bonds. The van der Waals surface area contributed by atoms with Crippen molar-refractivity contribution in [3.05, 3.63) is 40.9 Å². The number of nitrogens with one attached hydrogen (secondary N) is 1. The molecule has 1 N–H and O–H groups in total. The molecule has 0 fully saturated rings. The average Bonchev–Trinajstić information content (AvgIpc) is 2.78. The normalized spacial score (nSPS) is 12.7. The fourth-order valence-corrected chi connectivity index (χ4v) is 2.57. The van der Waals surface area contributed by atoms with E-state index in [4.69, 9.17) is 0 Å². The molecule has 1 aromatic carbocycles. The predicted molar refractivity (Wildman–Crippen MR) is 69.8 cm³/mol. The van der Waals surface area contributed by atoms with Crippen LogP contribution in [0.15, 0.2) is 29.6 Å². The summed E-state index contributed by atoms with van der Waals surface area (Å²) in [4.78, 5) is 4.67. The van der Waals surface area contributed by atoms with E-state index in [-0.39, 0.29) is 0 Å². The molecule has 0 saturated carbocycles. The van der Waals surface area contributed by atoms with Gasteiger partial charge < -0.3 is 5.32 Å². The van der Waals surface area contributed by atoms with Gasteiger partial charge in [0.2, 0.25) is 0 Å². The molecule has 16 heavy (non-hydrogen) atoms. The van der Waals surface area contributed by atoms with Crippen molar-refractivity contribution in [2.45, 2.75) is 19.9 Å². The van der Waals surface area contributed by atoms with Gasteiger partial charge in [0.25, 0.3) is 0 Å². The van der Waals surface area contributed by atoms with Crippen LogP contribution >= 0.6 is 11.3 Å². The van der Waals surface area contributed by atoms with Gasteiger partial charge in [-0.3, -0.25) is 0 Å². The second-order valence-corrected chi connectivity index (χ2v) is 4.76. The lowest BCUT2D eigenvalue weighted by molar-refractivity contribution is 0.637. The topological polar surface area (TPSA) is 24.9 Å². The van der Waals surface area contributed by atoms with E-state index in [0.717, 1.165) is 10.7 Å². The molecular weight excluding hydrogens is 216 g/mol. The van der Waals surface area contributed by atoms with Crippen LogP contribution < -0.4 is 5.32 Å². The molecule has 0 radical (unpaired) electrons. The van der Waals surface area contributed by atoms with Gasteiger partial charge in [0, 0.05) is 17.0 Å². The predicted octanol–water partition coefficient (Wildman–Crippen LogP) is 3.40. The summed E-state index contributed by atoms with van der Waals surface area (Å²) >= 11 is 1.71. The largest absolute Gasteiger partial charge is 0.312 e. The minimum Gasteiger partial charge on any atom is -0.312 e. The first-order chi connectivity index (χ1) is 7.72. The van der Waals surface area contributed by atoms with E-state index >= 15 is 0 Å². The number of hydrogen-bond acceptors (Lipinski definition) is 3. The summed E-state index contributed by atoms with van der Waals surface area (Å²) in [5, 5.41) is 6.44. The molecule has 1 atom stereocenters. The molecule has 0 spiro atoms. The van der Waals surface area contributed by atoms with Crippen LogP contribution in [-0.2, 0) is 0 Å². The fraction of sp³-hybridized carbons (Fsp3) is 0.308. The zero-order valence-electron chi connectivity index (χ0n) is 9.82. The third-order valence-corrected chi connectivity index (χ3v) is 3.67. The van der Waals surface area contributed by atoms with Gasteiger partial charge in [-0.15, -0.1) is 11.3 Å². The van der Waals surface area contributed by atoms with E-state index in [1.165, 1.54) is 11.1 Å². The molecule has 1 heterocycles. The molecule has 0 saturated heterocycles. The molecule has 0 bridgehead atoms. The van der Waals surface area contributed by atoms with Crippen LogP contribution in [0.3, 0.4) is 0 Å². The van der Waals surface area contributed by atoms with Crippen molar-refractivity contribution in [1.82, 2.24) is 10.3 Å². The summed E-state index contributed by atoms with van der Waals surface area (Å²) in [6.45, 7) is 4.24. The Morgan fingerprint density at radius 1 is 1.31 bits per heavy atom. The second-order valence-electron chi connectivity index (χ2n) is 3.90. The lowest BCUT2D eigenvalue weighted by Gasteiger charge is -2.05. The molecule has 2 aromatic rings. The fourth-order valence-electron chi connectivity index (χ4n) is 1.57. The first-order valence-corrected chi connectivity index (χ1v) is 6.29. The first-order valence-electron chi connectivity index (χ1n) is 5.41. The maximum absolute atomic E-state index is 4.67. The highest BCUT2D eigenvalue weighted by Gasteiger charge is 2.10. The summed E-state index contributed by atoms with van der Waals surface area (Å²) in [5.41, 5.74) is 3.63. The number of rotatable bonds is 3. The van der Waals surface area contributed by atoms with E-state index in [0.29, 0.717) is 6.04 Å². The third kappa shape index (κ3) is 2.15. The minimum atomic E-state index is 0.314. The quantitative estimate of drug-likeness (QED) is 0.877. The average molecular weight is 232 g/mol. The van der Waals surface area contributed by atoms with Crippen LogP contribution in [0.25, 0.3) is 10.6 Å². The molecule has 1 unspecified atom stereocenters. The van der Waals surface area contributed by atoms with Gasteiger partial charge in [-0.25, -0.2) is 4.98 Å². The highest BCUT2D eigenvalue weighted by Crippen LogP contribution is 2.28. The molecule has 2 nitrogen and oxygen atoms in total. The van der Waals surface area contributed by atoms with Crippen molar-refractivity contribution in [3.8, 4) is 10.6 Å². The molecule has 2 rings (SSSR count). The van der Waals surface area contributed by atoms with Gasteiger partial charge in [-0.2, -0.15) is 0 Å². The number of hydrogen-bond donors (Lipinski definition) is 1. The van der Waals surface area contributed by atoms with Crippen molar-refractivity contribution >= 4 is 11.3 Å². The Bertz CT molecular complexity index is 476. The Balaban J connectivity index is 2.35. The molecule has 1 aromatic heterocycles. The Morgan fingerprint density at radius 3 is 2.75 bits per heavy atom. The summed E-state index contributed by atoms with van der Waals surface area (Å²) in [6.07, 6.45) is 0. The van der Waals surface area contributed by atoms with Gasteiger partial charge in [0.05, 0.1) is 5.69 Å². The highest BCUT2D eigenvalue weighted by atomic mass is 32.1. The van der Waals surface area contributed by atoms with E-state index in [2.05, 4.69) is 53.8 Å². The zero-order valence-corrected chi connectivity index (χ0v) is 10.6. The number of benzene rings is 1. The van der Waals surface area contributed by atoms with Gasteiger partial charge in [0.1, 0.15) is 5.01 Å². The lowest BCUT2D eigenvalue weighted by Crippen LogP contribution is -2.12. The molecule has 0 aliphatic heterocycles. The summed E-state index contributed by atoms with van der Waals surface area (Å²) in [6, 6.07) is 8.68. The molecule has 3 heteroatoms. The van der Waals surface area contributed by atoms with Crippen molar-refractivity contribution in [1.29, 1.82) is 0 Å². The van der Waals surface area contributed by atoms with Crippen LogP contribution in [0.2, 0.25) is 0 Å². The Morgan fingerprint density at radius 2 is 2.06 bits per heavy atom. The van der Waals surface area contributed by atoms with Crippen LogP contribution in [0.4, 0.5) is 0 Å². The molecule has 0 aliphatic carbocycles. The molecular formula is C13H16N2S. The number of aryl methyl sites for hydroxylation is 1. The number of thiazole rings is 1. The summed E-state index contributed by atoms with van der Waals surface area (Å²) in [7, 11) is 1.96. The molecule has 0 aliphatic rings. The maximum Gasteiger partial charge on any atom is 0.123 e. The maximum atomic E-state index is 4.67. The first kappa shape index (κ1) is 11.3. The standard InChI is InChI=1S/C13H16N2S/c1-9-6-4-5-7-11(9)13-15-12(8-16-13)10(2)14-3/h4-8,10,14H,1-3H3. The highest BCUT2D eigenvalue weighted by molar-refractivity contribution is 7.13. The second kappa shape index (κ2) is 4.76.